The Bertz CT molecular complexity index is 1290. The highest BCUT2D eigenvalue weighted by molar-refractivity contribution is 6.30. The topological polar surface area (TPSA) is 72.3 Å². The molecule has 2 fully saturated rings. The number of likely N-dealkylation sites (tertiary alicyclic amines) is 1. The van der Waals surface area contributed by atoms with Crippen molar-refractivity contribution in [3.8, 4) is 0 Å². The molecule has 1 aliphatic heterocycles. The molecule has 8 heteroatoms. The zero-order valence-corrected chi connectivity index (χ0v) is 18.9. The molecule has 3 atom stereocenters. The number of aromatic nitrogens is 2. The molecule has 33 heavy (non-hydrogen) atoms. The number of aryl methyl sites for hydroxylation is 1. The first kappa shape index (κ1) is 21.8. The molecule has 2 aromatic heterocycles. The molecule has 2 aliphatic rings. The van der Waals surface area contributed by atoms with E-state index in [1.54, 1.807) is 46.3 Å². The highest BCUT2D eigenvalue weighted by Crippen LogP contribution is 2.48. The van der Waals surface area contributed by atoms with Gasteiger partial charge in [0.05, 0.1) is 22.8 Å². The van der Waals surface area contributed by atoms with E-state index in [0.29, 0.717) is 29.0 Å². The van der Waals surface area contributed by atoms with Crippen LogP contribution >= 0.6 is 11.6 Å². The number of Topliss-reactive ketones (excluding diaryl/α,β-unsaturated/α-hetero) is 2. The number of benzene rings is 1. The number of fused-ring (bicyclic) bond motifs is 2. The van der Waals surface area contributed by atoms with Crippen LogP contribution in [0.4, 0.5) is 4.39 Å². The molecule has 3 aromatic rings. The smallest absolute Gasteiger partial charge is 0.243 e. The van der Waals surface area contributed by atoms with Crippen LogP contribution in [0.5, 0.6) is 0 Å². The van der Waals surface area contributed by atoms with Gasteiger partial charge in [-0.25, -0.2) is 4.39 Å². The first-order valence-electron chi connectivity index (χ1n) is 11.1. The van der Waals surface area contributed by atoms with Crippen LogP contribution in [-0.4, -0.2) is 44.0 Å². The van der Waals surface area contributed by atoms with Gasteiger partial charge in [0.1, 0.15) is 12.4 Å². The molecule has 1 saturated heterocycles. The molecule has 0 spiro atoms. The van der Waals surface area contributed by atoms with Crippen molar-refractivity contribution in [2.45, 2.75) is 51.2 Å². The molecule has 170 valence electrons. The second-order valence-corrected chi connectivity index (χ2v) is 9.32. The number of carbonyl (C=O) groups is 3. The largest absolute Gasteiger partial charge is 0.336 e. The summed E-state index contributed by atoms with van der Waals surface area (Å²) in [5, 5.41) is 0.796. The molecule has 1 amide bonds. The van der Waals surface area contributed by atoms with Gasteiger partial charge in [-0.15, -0.1) is 0 Å². The monoisotopic (exact) mass is 467 g/mol. The zero-order chi connectivity index (χ0) is 23.3. The highest BCUT2D eigenvalue weighted by Gasteiger charge is 2.55. The van der Waals surface area contributed by atoms with Crippen molar-refractivity contribution in [1.29, 1.82) is 0 Å². The third-order valence-corrected chi connectivity index (χ3v) is 7.10. The summed E-state index contributed by atoms with van der Waals surface area (Å²) in [4.78, 5) is 44.3. The van der Waals surface area contributed by atoms with E-state index in [-0.39, 0.29) is 47.9 Å². The van der Waals surface area contributed by atoms with E-state index in [1.807, 2.05) is 0 Å². The first-order valence-corrected chi connectivity index (χ1v) is 11.4. The predicted molar refractivity (Wildman–Crippen MR) is 122 cm³/mol. The fraction of sp³-hybridized carbons (Fsp3) is 0.360. The van der Waals surface area contributed by atoms with Gasteiger partial charge in [-0.2, -0.15) is 0 Å². The maximum atomic E-state index is 14.2. The van der Waals surface area contributed by atoms with Gasteiger partial charge in [0.2, 0.25) is 5.91 Å². The molecule has 0 bridgehead atoms. The van der Waals surface area contributed by atoms with E-state index in [9.17, 15) is 18.8 Å². The van der Waals surface area contributed by atoms with Gasteiger partial charge in [0.15, 0.2) is 11.6 Å². The average Bonchev–Trinajstić information content (AvgIpc) is 3.30. The standard InChI is InChI=1S/C25H23ClFN3O3/c1-14(31)18-12-29(22-11-28-8-7-17(18)22)13-24(33)30-20-9-16(20)10-21(30)23(32)6-5-15-3-2-4-19(26)25(15)27/h2-4,7-8,11-12,16,20-21H,5-6,9-10,13H2,1H3/t16-,20-,21+/m1/s1. The Morgan fingerprint density at radius 1 is 1.21 bits per heavy atom. The predicted octanol–water partition coefficient (Wildman–Crippen LogP) is 4.22. The molecule has 0 N–H and O–H groups in total. The van der Waals surface area contributed by atoms with Crippen molar-refractivity contribution in [2.75, 3.05) is 0 Å². The van der Waals surface area contributed by atoms with Crippen LogP contribution in [0.15, 0.2) is 42.9 Å². The summed E-state index contributed by atoms with van der Waals surface area (Å²) in [7, 11) is 0. The molecule has 5 rings (SSSR count). The van der Waals surface area contributed by atoms with Crippen LogP contribution in [-0.2, 0) is 22.6 Å². The fourth-order valence-electron chi connectivity index (χ4n) is 5.04. The molecule has 3 heterocycles. The number of carbonyl (C=O) groups excluding carboxylic acids is 3. The molecule has 6 nitrogen and oxygen atoms in total. The number of rotatable bonds is 7. The molecule has 1 aromatic carbocycles. The van der Waals surface area contributed by atoms with Crippen LogP contribution in [0.1, 0.15) is 42.1 Å². The van der Waals surface area contributed by atoms with Crippen molar-refractivity contribution < 1.29 is 18.8 Å². The Kier molecular flexibility index (Phi) is 5.52. The molecular formula is C25H23ClFN3O3. The number of ketones is 2. The zero-order valence-electron chi connectivity index (χ0n) is 18.1. The molecule has 0 radical (unpaired) electrons. The average molecular weight is 468 g/mol. The SMILES string of the molecule is CC(=O)c1cn(CC(=O)N2[C@@H]3C[C@@H]3C[C@H]2C(=O)CCc2cccc(Cl)c2F)c2cnccc12. The van der Waals surface area contributed by atoms with Gasteiger partial charge in [-0.05, 0) is 49.8 Å². The summed E-state index contributed by atoms with van der Waals surface area (Å²) in [5.41, 5.74) is 1.66. The lowest BCUT2D eigenvalue weighted by molar-refractivity contribution is -0.139. The summed E-state index contributed by atoms with van der Waals surface area (Å²) in [6.45, 7) is 1.53. The number of piperidine rings is 1. The number of nitrogens with zero attached hydrogens (tertiary/aromatic N) is 3. The van der Waals surface area contributed by atoms with Crippen molar-refractivity contribution in [1.82, 2.24) is 14.5 Å². The Morgan fingerprint density at radius 3 is 2.82 bits per heavy atom. The minimum atomic E-state index is -0.497. The Hall–Kier alpha value is -3.06. The van der Waals surface area contributed by atoms with Crippen molar-refractivity contribution in [3.63, 3.8) is 0 Å². The van der Waals surface area contributed by atoms with Crippen molar-refractivity contribution in [2.24, 2.45) is 5.92 Å². The number of hydrogen-bond acceptors (Lipinski definition) is 4. The Labute approximate surface area is 195 Å². The van der Waals surface area contributed by atoms with E-state index >= 15 is 0 Å². The van der Waals surface area contributed by atoms with Crippen LogP contribution in [0.25, 0.3) is 10.9 Å². The van der Waals surface area contributed by atoms with Gasteiger partial charge in [0.25, 0.3) is 0 Å². The molecular weight excluding hydrogens is 445 g/mol. The Morgan fingerprint density at radius 2 is 2.03 bits per heavy atom. The van der Waals surface area contributed by atoms with E-state index in [0.717, 1.165) is 11.8 Å². The van der Waals surface area contributed by atoms with E-state index in [1.165, 1.54) is 13.0 Å². The lowest BCUT2D eigenvalue weighted by atomic mass is 10.00. The van der Waals surface area contributed by atoms with E-state index < -0.39 is 11.9 Å². The van der Waals surface area contributed by atoms with Crippen LogP contribution < -0.4 is 0 Å². The lowest BCUT2D eigenvalue weighted by Gasteiger charge is -2.27. The van der Waals surface area contributed by atoms with E-state index in [2.05, 4.69) is 4.98 Å². The number of hydrogen-bond donors (Lipinski definition) is 0. The van der Waals surface area contributed by atoms with Gasteiger partial charge in [0, 0.05) is 35.8 Å². The normalized spacial score (nSPS) is 21.3. The third-order valence-electron chi connectivity index (χ3n) is 6.81. The van der Waals surface area contributed by atoms with Crippen molar-refractivity contribution in [3.05, 3.63) is 64.8 Å². The first-order chi connectivity index (χ1) is 15.8. The summed E-state index contributed by atoms with van der Waals surface area (Å²) < 4.78 is 15.9. The summed E-state index contributed by atoms with van der Waals surface area (Å²) >= 11 is 5.84. The van der Waals surface area contributed by atoms with Crippen molar-refractivity contribution >= 4 is 40.0 Å². The second-order valence-electron chi connectivity index (χ2n) is 8.91. The molecule has 1 aliphatic carbocycles. The van der Waals surface area contributed by atoms with Crippen LogP contribution in [0, 0.1) is 11.7 Å². The summed E-state index contributed by atoms with van der Waals surface area (Å²) in [5.74, 6) is -0.436. The molecule has 1 saturated carbocycles. The third kappa shape index (κ3) is 3.95. The van der Waals surface area contributed by atoms with Crippen LogP contribution in [0.2, 0.25) is 5.02 Å². The minimum absolute atomic E-state index is 0.0331. The van der Waals surface area contributed by atoms with Gasteiger partial charge < -0.3 is 9.47 Å². The maximum Gasteiger partial charge on any atom is 0.243 e. The summed E-state index contributed by atoms with van der Waals surface area (Å²) in [6, 6.07) is 6.13. The van der Waals surface area contributed by atoms with E-state index in [4.69, 9.17) is 11.6 Å². The number of halogens is 2. The quantitative estimate of drug-likeness (QED) is 0.488. The van der Waals surface area contributed by atoms with Gasteiger partial charge >= 0.3 is 0 Å². The lowest BCUT2D eigenvalue weighted by Crippen LogP contribution is -2.44. The molecule has 0 unspecified atom stereocenters. The van der Waals surface area contributed by atoms with Gasteiger partial charge in [-0.1, -0.05) is 23.7 Å². The number of pyridine rings is 1. The number of amides is 1. The fourth-order valence-corrected chi connectivity index (χ4v) is 5.24. The van der Waals surface area contributed by atoms with Crippen LogP contribution in [0.3, 0.4) is 0 Å². The second kappa shape index (κ2) is 8.37. The summed E-state index contributed by atoms with van der Waals surface area (Å²) in [6.07, 6.45) is 6.90. The highest BCUT2D eigenvalue weighted by atomic mass is 35.5. The maximum absolute atomic E-state index is 14.2. The minimum Gasteiger partial charge on any atom is -0.336 e. The van der Waals surface area contributed by atoms with Gasteiger partial charge in [-0.3, -0.25) is 19.4 Å². The Balaban J connectivity index is 1.33.